The number of nitrogens with two attached hydrogens (primary N) is 1. The molecule has 0 fully saturated rings. The fourth-order valence-corrected chi connectivity index (χ4v) is 1.62. The van der Waals surface area contributed by atoms with E-state index in [-0.39, 0.29) is 0 Å². The highest BCUT2D eigenvalue weighted by Crippen LogP contribution is 2.26. The number of ether oxygens (including phenoxy) is 1. The van der Waals surface area contributed by atoms with Gasteiger partial charge in [0.1, 0.15) is 5.60 Å². The maximum atomic E-state index is 5.75. The van der Waals surface area contributed by atoms with Crippen molar-refractivity contribution in [1.82, 2.24) is 20.2 Å². The van der Waals surface area contributed by atoms with Crippen molar-refractivity contribution in [1.29, 1.82) is 0 Å². The second-order valence-electron chi connectivity index (χ2n) is 3.89. The van der Waals surface area contributed by atoms with Gasteiger partial charge in [-0.25, -0.2) is 4.68 Å². The summed E-state index contributed by atoms with van der Waals surface area (Å²) in [7, 11) is 0. The Hall–Kier alpha value is -1.01. The number of aryl methyl sites for hydroxylation is 1. The van der Waals surface area contributed by atoms with Crippen molar-refractivity contribution in [3.05, 3.63) is 5.82 Å². The van der Waals surface area contributed by atoms with Gasteiger partial charge in [-0.15, -0.1) is 5.10 Å². The lowest BCUT2D eigenvalue weighted by atomic mass is 10.0. The Morgan fingerprint density at radius 3 is 2.75 bits per heavy atom. The molecule has 1 rings (SSSR count). The Morgan fingerprint density at radius 1 is 1.44 bits per heavy atom. The van der Waals surface area contributed by atoms with Gasteiger partial charge in [-0.3, -0.25) is 0 Å². The van der Waals surface area contributed by atoms with E-state index in [1.54, 1.807) is 4.68 Å². The van der Waals surface area contributed by atoms with Crippen LogP contribution in [0.4, 0.5) is 0 Å². The average Bonchev–Trinajstić information content (AvgIpc) is 2.75. The fraction of sp³-hybridized carbons (Fsp3) is 0.900. The lowest BCUT2D eigenvalue weighted by molar-refractivity contribution is -0.0423. The maximum Gasteiger partial charge on any atom is 0.183 e. The first-order chi connectivity index (χ1) is 7.68. The lowest BCUT2D eigenvalue weighted by Gasteiger charge is -2.26. The topological polar surface area (TPSA) is 78.9 Å². The highest BCUT2D eigenvalue weighted by atomic mass is 16.5. The molecule has 1 atom stereocenters. The molecule has 1 heterocycles. The second-order valence-corrected chi connectivity index (χ2v) is 3.89. The molecule has 0 aliphatic rings. The van der Waals surface area contributed by atoms with Crippen LogP contribution in [0.2, 0.25) is 0 Å². The average molecular weight is 227 g/mol. The lowest BCUT2D eigenvalue weighted by Crippen LogP contribution is -2.30. The van der Waals surface area contributed by atoms with Crippen LogP contribution in [-0.2, 0) is 16.9 Å². The van der Waals surface area contributed by atoms with Crippen LogP contribution < -0.4 is 5.73 Å². The molecule has 0 aliphatic heterocycles. The number of nitrogens with zero attached hydrogens (tertiary/aromatic N) is 4. The molecule has 0 spiro atoms. The minimum Gasteiger partial charge on any atom is -0.368 e. The van der Waals surface area contributed by atoms with Gasteiger partial charge in [0.2, 0.25) is 0 Å². The SMILES string of the molecule is CCOC(C)(CC)c1nnnn1CCCN. The standard InChI is InChI=1S/C10H21N5O/c1-4-10(3,16-5-2)9-12-13-14-15(9)8-6-7-11/h4-8,11H2,1-3H3. The van der Waals surface area contributed by atoms with Gasteiger partial charge in [0, 0.05) is 13.2 Å². The molecular weight excluding hydrogens is 206 g/mol. The molecule has 2 N–H and O–H groups in total. The number of rotatable bonds is 7. The predicted molar refractivity (Wildman–Crippen MR) is 60.8 cm³/mol. The first kappa shape index (κ1) is 13.1. The first-order valence-corrected chi connectivity index (χ1v) is 5.78. The van der Waals surface area contributed by atoms with Gasteiger partial charge in [0.25, 0.3) is 0 Å². The summed E-state index contributed by atoms with van der Waals surface area (Å²) in [5, 5.41) is 11.8. The summed E-state index contributed by atoms with van der Waals surface area (Å²) in [6, 6.07) is 0. The van der Waals surface area contributed by atoms with Crippen molar-refractivity contribution in [3.8, 4) is 0 Å². The molecule has 92 valence electrons. The molecule has 0 bridgehead atoms. The van der Waals surface area contributed by atoms with Gasteiger partial charge >= 0.3 is 0 Å². The van der Waals surface area contributed by atoms with Crippen LogP contribution in [0.5, 0.6) is 0 Å². The monoisotopic (exact) mass is 227 g/mol. The van der Waals surface area contributed by atoms with Crippen molar-refractivity contribution in [2.24, 2.45) is 5.73 Å². The molecular formula is C10H21N5O. The minimum atomic E-state index is -0.410. The third kappa shape index (κ3) is 2.76. The zero-order valence-corrected chi connectivity index (χ0v) is 10.3. The van der Waals surface area contributed by atoms with Gasteiger partial charge in [-0.2, -0.15) is 0 Å². The highest BCUT2D eigenvalue weighted by Gasteiger charge is 2.31. The minimum absolute atomic E-state index is 0.410. The fourth-order valence-electron chi connectivity index (χ4n) is 1.62. The van der Waals surface area contributed by atoms with E-state index in [0.717, 1.165) is 25.2 Å². The van der Waals surface area contributed by atoms with E-state index in [1.807, 2.05) is 13.8 Å². The zero-order valence-electron chi connectivity index (χ0n) is 10.3. The van der Waals surface area contributed by atoms with Crippen LogP contribution in [-0.4, -0.2) is 33.4 Å². The smallest absolute Gasteiger partial charge is 0.183 e. The van der Waals surface area contributed by atoms with Crippen LogP contribution >= 0.6 is 0 Å². The summed E-state index contributed by atoms with van der Waals surface area (Å²) < 4.78 is 7.53. The van der Waals surface area contributed by atoms with Crippen LogP contribution in [0, 0.1) is 0 Å². The molecule has 0 radical (unpaired) electrons. The van der Waals surface area contributed by atoms with Crippen LogP contribution in [0.15, 0.2) is 0 Å². The van der Waals surface area contributed by atoms with Crippen LogP contribution in [0.1, 0.15) is 39.4 Å². The summed E-state index contributed by atoms with van der Waals surface area (Å²) >= 11 is 0. The molecule has 1 aromatic rings. The normalized spacial score (nSPS) is 15.0. The quantitative estimate of drug-likeness (QED) is 0.741. The van der Waals surface area contributed by atoms with Crippen molar-refractivity contribution < 1.29 is 4.74 Å². The van der Waals surface area contributed by atoms with E-state index < -0.39 is 5.60 Å². The van der Waals surface area contributed by atoms with Crippen molar-refractivity contribution in [2.75, 3.05) is 13.2 Å². The second kappa shape index (κ2) is 5.91. The Labute approximate surface area is 96.2 Å². The Bertz CT molecular complexity index is 314. The number of tetrazole rings is 1. The van der Waals surface area contributed by atoms with Crippen LogP contribution in [0.3, 0.4) is 0 Å². The summed E-state index contributed by atoms with van der Waals surface area (Å²) in [4.78, 5) is 0. The van der Waals surface area contributed by atoms with Crippen molar-refractivity contribution in [2.45, 2.75) is 45.8 Å². The molecule has 0 aliphatic carbocycles. The third-order valence-corrected chi connectivity index (χ3v) is 2.72. The highest BCUT2D eigenvalue weighted by molar-refractivity contribution is 4.97. The van der Waals surface area contributed by atoms with E-state index in [0.29, 0.717) is 13.2 Å². The van der Waals surface area contributed by atoms with Crippen molar-refractivity contribution >= 4 is 0 Å². The molecule has 1 aromatic heterocycles. The zero-order chi connectivity index (χ0) is 12.0. The van der Waals surface area contributed by atoms with E-state index in [2.05, 4.69) is 22.4 Å². The summed E-state index contributed by atoms with van der Waals surface area (Å²) in [6.07, 6.45) is 1.70. The Morgan fingerprint density at radius 2 is 2.19 bits per heavy atom. The summed E-state index contributed by atoms with van der Waals surface area (Å²) in [6.45, 7) is 8.08. The van der Waals surface area contributed by atoms with E-state index in [9.17, 15) is 0 Å². The molecule has 16 heavy (non-hydrogen) atoms. The van der Waals surface area contributed by atoms with E-state index in [4.69, 9.17) is 10.5 Å². The Balaban J connectivity index is 2.87. The largest absolute Gasteiger partial charge is 0.368 e. The molecule has 0 aromatic carbocycles. The van der Waals surface area contributed by atoms with E-state index in [1.165, 1.54) is 0 Å². The molecule has 6 nitrogen and oxygen atoms in total. The summed E-state index contributed by atoms with van der Waals surface area (Å²) in [5.41, 5.74) is 5.07. The molecule has 0 saturated carbocycles. The van der Waals surface area contributed by atoms with Crippen molar-refractivity contribution in [3.63, 3.8) is 0 Å². The first-order valence-electron chi connectivity index (χ1n) is 5.78. The molecule has 0 saturated heterocycles. The molecule has 6 heteroatoms. The predicted octanol–water partition coefficient (Wildman–Crippen LogP) is 0.684. The van der Waals surface area contributed by atoms with Gasteiger partial charge in [-0.1, -0.05) is 6.92 Å². The van der Waals surface area contributed by atoms with Gasteiger partial charge in [0.15, 0.2) is 5.82 Å². The summed E-state index contributed by atoms with van der Waals surface area (Å²) in [5.74, 6) is 0.783. The third-order valence-electron chi connectivity index (χ3n) is 2.72. The Kier molecular flexibility index (Phi) is 4.82. The van der Waals surface area contributed by atoms with E-state index >= 15 is 0 Å². The molecule has 0 amide bonds. The van der Waals surface area contributed by atoms with Gasteiger partial charge < -0.3 is 10.5 Å². The molecule has 1 unspecified atom stereocenters. The van der Waals surface area contributed by atoms with Gasteiger partial charge in [0.05, 0.1) is 0 Å². The number of hydrogen-bond acceptors (Lipinski definition) is 5. The number of hydrogen-bond donors (Lipinski definition) is 1. The van der Waals surface area contributed by atoms with Gasteiger partial charge in [-0.05, 0) is 43.7 Å². The maximum absolute atomic E-state index is 5.75. The van der Waals surface area contributed by atoms with Crippen LogP contribution in [0.25, 0.3) is 0 Å². The number of aromatic nitrogens is 4.